The van der Waals surface area contributed by atoms with Crippen molar-refractivity contribution in [3.63, 3.8) is 0 Å². The Labute approximate surface area is 112 Å². The summed E-state index contributed by atoms with van der Waals surface area (Å²) in [6.07, 6.45) is 0. The van der Waals surface area contributed by atoms with Crippen molar-refractivity contribution in [3.05, 3.63) is 21.3 Å². The highest BCUT2D eigenvalue weighted by molar-refractivity contribution is 7.10. The number of nitrogens with one attached hydrogen (secondary N) is 1. The predicted molar refractivity (Wildman–Crippen MR) is 73.6 cm³/mol. The van der Waals surface area contributed by atoms with Crippen LogP contribution in [0.1, 0.15) is 25.6 Å². The van der Waals surface area contributed by atoms with Crippen LogP contribution in [0.15, 0.2) is 11.4 Å². The van der Waals surface area contributed by atoms with E-state index in [4.69, 9.17) is 11.6 Å². The smallest absolute Gasteiger partial charge is 0.239 e. The van der Waals surface area contributed by atoms with Gasteiger partial charge in [0.2, 0.25) is 5.91 Å². The maximum absolute atomic E-state index is 12.0. The molecule has 0 aliphatic heterocycles. The van der Waals surface area contributed by atoms with Crippen molar-refractivity contribution in [2.24, 2.45) is 0 Å². The lowest BCUT2D eigenvalue weighted by Gasteiger charge is -2.23. The molecular weight excluding hydrogens is 256 g/mol. The molecule has 0 aromatic carbocycles. The Morgan fingerprint density at radius 3 is 2.65 bits per heavy atom. The van der Waals surface area contributed by atoms with Gasteiger partial charge in [0.25, 0.3) is 0 Å². The van der Waals surface area contributed by atoms with Crippen molar-refractivity contribution in [1.29, 1.82) is 0 Å². The van der Waals surface area contributed by atoms with Crippen LogP contribution in [-0.2, 0) is 11.3 Å². The van der Waals surface area contributed by atoms with Crippen molar-refractivity contribution in [2.45, 2.75) is 33.4 Å². The molecule has 0 saturated carbocycles. The van der Waals surface area contributed by atoms with Gasteiger partial charge in [0.05, 0.1) is 11.1 Å². The predicted octanol–water partition coefficient (Wildman–Crippen LogP) is 2.75. The summed E-state index contributed by atoms with van der Waals surface area (Å²) in [6.45, 7) is 8.08. The second kappa shape index (κ2) is 6.99. The summed E-state index contributed by atoms with van der Waals surface area (Å²) < 4.78 is 0. The van der Waals surface area contributed by atoms with Gasteiger partial charge in [0, 0.05) is 29.9 Å². The average Bonchev–Trinajstić information content (AvgIpc) is 2.73. The van der Waals surface area contributed by atoms with Crippen molar-refractivity contribution < 1.29 is 4.79 Å². The van der Waals surface area contributed by atoms with Crippen LogP contribution >= 0.6 is 22.9 Å². The van der Waals surface area contributed by atoms with Crippen LogP contribution in [0.4, 0.5) is 0 Å². The van der Waals surface area contributed by atoms with Gasteiger partial charge >= 0.3 is 0 Å². The van der Waals surface area contributed by atoms with E-state index in [2.05, 4.69) is 5.32 Å². The number of likely N-dealkylation sites (N-methyl/N-ethyl adjacent to an activating group) is 1. The molecule has 0 bridgehead atoms. The number of hydrogen-bond donors (Lipinski definition) is 1. The Bertz CT molecular complexity index is 363. The molecule has 0 saturated heterocycles. The summed E-state index contributed by atoms with van der Waals surface area (Å²) in [5.41, 5.74) is 0. The molecule has 1 rings (SSSR count). The number of carbonyl (C=O) groups excluding carboxylic acids is 1. The molecule has 3 nitrogen and oxygen atoms in total. The highest BCUT2D eigenvalue weighted by atomic mass is 35.5. The molecule has 17 heavy (non-hydrogen) atoms. The minimum atomic E-state index is -0.157. The topological polar surface area (TPSA) is 32.3 Å². The molecule has 1 aromatic heterocycles. The Hall–Kier alpha value is -0.580. The standard InChI is InChI=1S/C12H19ClN2OS/c1-4-15(5-2)12(16)9(3)14-7-11-6-10(13)8-17-11/h6,8-9,14H,4-5,7H2,1-3H3. The van der Waals surface area contributed by atoms with Gasteiger partial charge in [-0.05, 0) is 26.8 Å². The molecule has 1 heterocycles. The van der Waals surface area contributed by atoms with Gasteiger partial charge < -0.3 is 10.2 Å². The highest BCUT2D eigenvalue weighted by Crippen LogP contribution is 2.18. The zero-order valence-electron chi connectivity index (χ0n) is 10.5. The maximum Gasteiger partial charge on any atom is 0.239 e. The molecule has 0 aliphatic carbocycles. The summed E-state index contributed by atoms with van der Waals surface area (Å²) in [6, 6.07) is 1.77. The normalized spacial score (nSPS) is 12.5. The van der Waals surface area contributed by atoms with Crippen molar-refractivity contribution in [3.8, 4) is 0 Å². The quantitative estimate of drug-likeness (QED) is 0.865. The van der Waals surface area contributed by atoms with E-state index in [0.29, 0.717) is 6.54 Å². The number of hydrogen-bond acceptors (Lipinski definition) is 3. The SMILES string of the molecule is CCN(CC)C(=O)C(C)NCc1cc(Cl)cs1. The minimum absolute atomic E-state index is 0.151. The van der Waals surface area contributed by atoms with Crippen molar-refractivity contribution in [2.75, 3.05) is 13.1 Å². The van der Waals surface area contributed by atoms with Gasteiger partial charge in [-0.1, -0.05) is 11.6 Å². The molecule has 1 atom stereocenters. The second-order valence-electron chi connectivity index (χ2n) is 3.84. The van der Waals surface area contributed by atoms with Crippen LogP contribution < -0.4 is 5.32 Å². The number of thiophene rings is 1. The first-order valence-electron chi connectivity index (χ1n) is 5.83. The number of halogens is 1. The van der Waals surface area contributed by atoms with Crippen LogP contribution in [0.25, 0.3) is 0 Å². The van der Waals surface area contributed by atoms with E-state index in [9.17, 15) is 4.79 Å². The molecule has 0 spiro atoms. The molecular formula is C12H19ClN2OS. The summed E-state index contributed by atoms with van der Waals surface area (Å²) in [5.74, 6) is 0.151. The van der Waals surface area contributed by atoms with Gasteiger partial charge in [-0.3, -0.25) is 4.79 Å². The van der Waals surface area contributed by atoms with E-state index < -0.39 is 0 Å². The fraction of sp³-hybridized carbons (Fsp3) is 0.583. The number of carbonyl (C=O) groups is 1. The molecule has 0 aliphatic rings. The summed E-state index contributed by atoms with van der Waals surface area (Å²) >= 11 is 7.44. The monoisotopic (exact) mass is 274 g/mol. The number of rotatable bonds is 6. The molecule has 1 amide bonds. The second-order valence-corrected chi connectivity index (χ2v) is 5.28. The molecule has 96 valence electrons. The number of nitrogens with zero attached hydrogens (tertiary/aromatic N) is 1. The van der Waals surface area contributed by atoms with E-state index in [-0.39, 0.29) is 11.9 Å². The third-order valence-electron chi connectivity index (χ3n) is 2.65. The van der Waals surface area contributed by atoms with Crippen molar-refractivity contribution in [1.82, 2.24) is 10.2 Å². The van der Waals surface area contributed by atoms with E-state index in [1.807, 2.05) is 37.1 Å². The molecule has 5 heteroatoms. The first-order chi connectivity index (χ1) is 8.08. The summed E-state index contributed by atoms with van der Waals surface area (Å²) in [4.78, 5) is 15.0. The first kappa shape index (κ1) is 14.5. The van der Waals surface area contributed by atoms with Gasteiger partial charge in [0.15, 0.2) is 0 Å². The lowest BCUT2D eigenvalue weighted by atomic mass is 10.2. The fourth-order valence-electron chi connectivity index (χ4n) is 1.60. The third kappa shape index (κ3) is 4.30. The van der Waals surface area contributed by atoms with Gasteiger partial charge in [-0.25, -0.2) is 0 Å². The molecule has 0 radical (unpaired) electrons. The zero-order valence-corrected chi connectivity index (χ0v) is 12.1. The molecule has 0 fully saturated rings. The Balaban J connectivity index is 2.43. The largest absolute Gasteiger partial charge is 0.342 e. The van der Waals surface area contributed by atoms with Crippen LogP contribution in [0, 0.1) is 0 Å². The number of amides is 1. The fourth-order valence-corrected chi connectivity index (χ4v) is 2.62. The minimum Gasteiger partial charge on any atom is -0.342 e. The lowest BCUT2D eigenvalue weighted by Crippen LogP contribution is -2.44. The van der Waals surface area contributed by atoms with E-state index in [1.54, 1.807) is 11.3 Å². The van der Waals surface area contributed by atoms with Crippen LogP contribution in [0.5, 0.6) is 0 Å². The Kier molecular flexibility index (Phi) is 5.95. The highest BCUT2D eigenvalue weighted by Gasteiger charge is 2.17. The van der Waals surface area contributed by atoms with E-state index in [1.165, 1.54) is 0 Å². The first-order valence-corrected chi connectivity index (χ1v) is 7.09. The maximum atomic E-state index is 12.0. The molecule has 1 unspecified atom stereocenters. The van der Waals surface area contributed by atoms with Gasteiger partial charge in [-0.2, -0.15) is 0 Å². The van der Waals surface area contributed by atoms with E-state index in [0.717, 1.165) is 23.0 Å². The van der Waals surface area contributed by atoms with Crippen LogP contribution in [0.3, 0.4) is 0 Å². The van der Waals surface area contributed by atoms with Crippen LogP contribution in [0.2, 0.25) is 5.02 Å². The lowest BCUT2D eigenvalue weighted by molar-refractivity contribution is -0.132. The summed E-state index contributed by atoms with van der Waals surface area (Å²) in [5, 5.41) is 5.88. The molecule has 1 aromatic rings. The van der Waals surface area contributed by atoms with Gasteiger partial charge in [0.1, 0.15) is 0 Å². The Morgan fingerprint density at radius 2 is 2.18 bits per heavy atom. The van der Waals surface area contributed by atoms with E-state index >= 15 is 0 Å². The third-order valence-corrected chi connectivity index (χ3v) is 3.93. The van der Waals surface area contributed by atoms with Crippen molar-refractivity contribution >= 4 is 28.8 Å². The summed E-state index contributed by atoms with van der Waals surface area (Å²) in [7, 11) is 0. The zero-order chi connectivity index (χ0) is 12.8. The van der Waals surface area contributed by atoms with Gasteiger partial charge in [-0.15, -0.1) is 11.3 Å². The molecule has 1 N–H and O–H groups in total. The Morgan fingerprint density at radius 1 is 1.53 bits per heavy atom. The van der Waals surface area contributed by atoms with Crippen LogP contribution in [-0.4, -0.2) is 29.9 Å². The average molecular weight is 275 g/mol.